The summed E-state index contributed by atoms with van der Waals surface area (Å²) in [5.41, 5.74) is 1.81. The third-order valence-electron chi connectivity index (χ3n) is 2.85. The second-order valence-electron chi connectivity index (χ2n) is 4.03. The van der Waals surface area contributed by atoms with E-state index in [1.807, 2.05) is 17.1 Å². The van der Waals surface area contributed by atoms with Crippen LogP contribution in [0.15, 0.2) is 27.8 Å². The predicted octanol–water partition coefficient (Wildman–Crippen LogP) is 3.12. The summed E-state index contributed by atoms with van der Waals surface area (Å²) in [7, 11) is 0. The topological polar surface area (TPSA) is 38.1 Å². The minimum absolute atomic E-state index is 0.546. The SMILES string of the molecule is OC(c1cscc1Br)c1cncn1C1CC1. The molecule has 1 N–H and O–H groups in total. The van der Waals surface area contributed by atoms with Gasteiger partial charge in [-0.15, -0.1) is 0 Å². The number of hydrogen-bond donors (Lipinski definition) is 1. The van der Waals surface area contributed by atoms with Crippen LogP contribution in [0, 0.1) is 0 Å². The van der Waals surface area contributed by atoms with Crippen LogP contribution in [0.3, 0.4) is 0 Å². The first-order valence-electron chi connectivity index (χ1n) is 5.18. The number of thiophene rings is 1. The molecular formula is C11H11BrN2OS. The van der Waals surface area contributed by atoms with Gasteiger partial charge in [0.15, 0.2) is 0 Å². The minimum Gasteiger partial charge on any atom is -0.382 e. The summed E-state index contributed by atoms with van der Waals surface area (Å²) < 4.78 is 3.06. The number of aliphatic hydroxyl groups excluding tert-OH is 1. The van der Waals surface area contributed by atoms with E-state index in [-0.39, 0.29) is 0 Å². The second-order valence-corrected chi connectivity index (χ2v) is 5.63. The van der Waals surface area contributed by atoms with E-state index >= 15 is 0 Å². The van der Waals surface area contributed by atoms with Gasteiger partial charge < -0.3 is 9.67 Å². The first kappa shape index (κ1) is 10.5. The van der Waals surface area contributed by atoms with Crippen LogP contribution >= 0.6 is 27.3 Å². The zero-order valence-corrected chi connectivity index (χ0v) is 10.9. The number of aromatic nitrogens is 2. The van der Waals surface area contributed by atoms with Gasteiger partial charge in [0.05, 0.1) is 18.2 Å². The molecule has 5 heteroatoms. The fourth-order valence-corrected chi connectivity index (χ4v) is 3.36. The van der Waals surface area contributed by atoms with Gasteiger partial charge in [0.25, 0.3) is 0 Å². The molecule has 2 heterocycles. The summed E-state index contributed by atoms with van der Waals surface area (Å²) in [5.74, 6) is 0. The average Bonchev–Trinajstić information content (AvgIpc) is 2.85. The summed E-state index contributed by atoms with van der Waals surface area (Å²) in [6.45, 7) is 0. The highest BCUT2D eigenvalue weighted by Crippen LogP contribution is 2.39. The van der Waals surface area contributed by atoms with Crippen molar-refractivity contribution in [3.63, 3.8) is 0 Å². The minimum atomic E-state index is -0.580. The van der Waals surface area contributed by atoms with Crippen LogP contribution < -0.4 is 0 Å². The number of rotatable bonds is 3. The number of imidazole rings is 1. The molecule has 16 heavy (non-hydrogen) atoms. The molecule has 3 nitrogen and oxygen atoms in total. The molecule has 0 aromatic carbocycles. The lowest BCUT2D eigenvalue weighted by molar-refractivity contribution is 0.209. The molecule has 0 radical (unpaired) electrons. The maximum Gasteiger partial charge on any atom is 0.122 e. The van der Waals surface area contributed by atoms with Gasteiger partial charge in [-0.1, -0.05) is 0 Å². The molecule has 2 aromatic rings. The quantitative estimate of drug-likeness (QED) is 0.945. The molecule has 0 saturated heterocycles. The van der Waals surface area contributed by atoms with Crippen molar-refractivity contribution in [2.45, 2.75) is 25.0 Å². The van der Waals surface area contributed by atoms with Gasteiger partial charge in [-0.25, -0.2) is 4.98 Å². The van der Waals surface area contributed by atoms with E-state index in [9.17, 15) is 5.11 Å². The van der Waals surface area contributed by atoms with Gasteiger partial charge in [0.1, 0.15) is 6.10 Å². The third-order valence-corrected chi connectivity index (χ3v) is 4.60. The van der Waals surface area contributed by atoms with Crippen LogP contribution in [0.25, 0.3) is 0 Å². The molecule has 2 aromatic heterocycles. The molecule has 1 aliphatic rings. The Morgan fingerprint density at radius 3 is 2.94 bits per heavy atom. The molecule has 1 saturated carbocycles. The Morgan fingerprint density at radius 2 is 2.31 bits per heavy atom. The Hall–Kier alpha value is -0.650. The Labute approximate surface area is 106 Å². The highest BCUT2D eigenvalue weighted by atomic mass is 79.9. The van der Waals surface area contributed by atoms with E-state index < -0.39 is 6.10 Å². The molecule has 0 amide bonds. The van der Waals surface area contributed by atoms with E-state index in [0.717, 1.165) is 15.7 Å². The zero-order chi connectivity index (χ0) is 11.1. The lowest BCUT2D eigenvalue weighted by Crippen LogP contribution is -2.06. The smallest absolute Gasteiger partial charge is 0.122 e. The Balaban J connectivity index is 1.97. The van der Waals surface area contributed by atoms with Crippen molar-refractivity contribution in [1.82, 2.24) is 9.55 Å². The van der Waals surface area contributed by atoms with E-state index in [2.05, 4.69) is 25.5 Å². The second kappa shape index (κ2) is 3.98. The third kappa shape index (κ3) is 1.73. The lowest BCUT2D eigenvalue weighted by atomic mass is 10.1. The van der Waals surface area contributed by atoms with E-state index in [1.54, 1.807) is 17.5 Å². The predicted molar refractivity (Wildman–Crippen MR) is 66.6 cm³/mol. The number of hydrogen-bond acceptors (Lipinski definition) is 3. The number of aliphatic hydroxyl groups is 1. The van der Waals surface area contributed by atoms with Crippen LogP contribution in [-0.2, 0) is 0 Å². The molecule has 1 aliphatic carbocycles. The van der Waals surface area contributed by atoms with Crippen molar-refractivity contribution < 1.29 is 5.11 Å². The first-order valence-corrected chi connectivity index (χ1v) is 6.92. The monoisotopic (exact) mass is 298 g/mol. The first-order chi connectivity index (χ1) is 7.77. The maximum atomic E-state index is 10.3. The highest BCUT2D eigenvalue weighted by Gasteiger charge is 2.28. The van der Waals surface area contributed by atoms with Gasteiger partial charge in [-0.2, -0.15) is 11.3 Å². The normalized spacial score (nSPS) is 17.6. The van der Waals surface area contributed by atoms with Crippen molar-refractivity contribution in [2.24, 2.45) is 0 Å². The van der Waals surface area contributed by atoms with Gasteiger partial charge in [0, 0.05) is 21.5 Å². The van der Waals surface area contributed by atoms with Crippen molar-refractivity contribution in [3.8, 4) is 0 Å². The number of nitrogens with zero attached hydrogens (tertiary/aromatic N) is 2. The molecule has 0 spiro atoms. The molecule has 84 valence electrons. The van der Waals surface area contributed by atoms with Crippen molar-refractivity contribution in [3.05, 3.63) is 39.0 Å². The lowest BCUT2D eigenvalue weighted by Gasteiger charge is -2.12. The maximum absolute atomic E-state index is 10.3. The van der Waals surface area contributed by atoms with Gasteiger partial charge in [0.2, 0.25) is 0 Å². The van der Waals surface area contributed by atoms with Crippen molar-refractivity contribution >= 4 is 27.3 Å². The summed E-state index contributed by atoms with van der Waals surface area (Å²) in [4.78, 5) is 4.14. The standard InChI is InChI=1S/C11H11BrN2OS/c12-9-5-16-4-8(9)11(15)10-3-13-6-14(10)7-1-2-7/h3-7,11,15H,1-2H2. The molecule has 1 fully saturated rings. The summed E-state index contributed by atoms with van der Waals surface area (Å²) in [6.07, 6.45) is 5.38. The number of halogens is 1. The van der Waals surface area contributed by atoms with Gasteiger partial charge >= 0.3 is 0 Å². The van der Waals surface area contributed by atoms with E-state index in [0.29, 0.717) is 6.04 Å². The summed E-state index contributed by atoms with van der Waals surface area (Å²) in [6, 6.07) is 0.546. The summed E-state index contributed by atoms with van der Waals surface area (Å²) in [5, 5.41) is 14.3. The van der Waals surface area contributed by atoms with Crippen LogP contribution in [0.5, 0.6) is 0 Å². The average molecular weight is 299 g/mol. The van der Waals surface area contributed by atoms with E-state index in [1.165, 1.54) is 12.8 Å². The van der Waals surface area contributed by atoms with Crippen molar-refractivity contribution in [1.29, 1.82) is 0 Å². The van der Waals surface area contributed by atoms with Crippen molar-refractivity contribution in [2.75, 3.05) is 0 Å². The van der Waals surface area contributed by atoms with Crippen LogP contribution in [0.2, 0.25) is 0 Å². The molecular weight excluding hydrogens is 288 g/mol. The fourth-order valence-electron chi connectivity index (χ4n) is 1.83. The Morgan fingerprint density at radius 1 is 1.50 bits per heavy atom. The molecule has 0 aliphatic heterocycles. The Kier molecular flexibility index (Phi) is 2.61. The summed E-state index contributed by atoms with van der Waals surface area (Å²) >= 11 is 5.04. The molecule has 0 bridgehead atoms. The molecule has 1 unspecified atom stereocenters. The van der Waals surface area contributed by atoms with E-state index in [4.69, 9.17) is 0 Å². The van der Waals surface area contributed by atoms with Crippen LogP contribution in [-0.4, -0.2) is 14.7 Å². The van der Waals surface area contributed by atoms with Gasteiger partial charge in [-0.3, -0.25) is 0 Å². The largest absolute Gasteiger partial charge is 0.382 e. The fraction of sp³-hybridized carbons (Fsp3) is 0.364. The zero-order valence-electron chi connectivity index (χ0n) is 8.51. The molecule has 3 rings (SSSR count). The van der Waals surface area contributed by atoms with Crippen LogP contribution in [0.4, 0.5) is 0 Å². The molecule has 1 atom stereocenters. The Bertz CT molecular complexity index is 504. The van der Waals surface area contributed by atoms with Crippen LogP contribution in [0.1, 0.15) is 36.2 Å². The highest BCUT2D eigenvalue weighted by molar-refractivity contribution is 9.10. The van der Waals surface area contributed by atoms with Gasteiger partial charge in [-0.05, 0) is 34.2 Å².